The molecular formula is C16H12BrClN2O4. The van der Waals surface area contributed by atoms with Gasteiger partial charge in [-0.25, -0.2) is 0 Å². The highest BCUT2D eigenvalue weighted by molar-refractivity contribution is 9.10. The summed E-state index contributed by atoms with van der Waals surface area (Å²) in [5, 5.41) is 11.4. The van der Waals surface area contributed by atoms with Crippen molar-refractivity contribution >= 4 is 44.8 Å². The first-order valence-electron chi connectivity index (χ1n) is 7.11. The van der Waals surface area contributed by atoms with Crippen molar-refractivity contribution < 1.29 is 14.5 Å². The number of non-ortho nitro benzene ring substituents is 1. The van der Waals surface area contributed by atoms with Gasteiger partial charge >= 0.3 is 0 Å². The van der Waals surface area contributed by atoms with E-state index in [1.807, 2.05) is 0 Å². The third kappa shape index (κ3) is 3.37. The normalized spacial score (nSPS) is 12.8. The van der Waals surface area contributed by atoms with E-state index in [-0.39, 0.29) is 18.2 Å². The van der Waals surface area contributed by atoms with E-state index < -0.39 is 4.92 Å². The van der Waals surface area contributed by atoms with Gasteiger partial charge in [0.1, 0.15) is 5.75 Å². The molecule has 8 heteroatoms. The number of ether oxygens (including phenoxy) is 1. The molecule has 1 heterocycles. The predicted molar refractivity (Wildman–Crippen MR) is 93.8 cm³/mol. The molecule has 3 rings (SSSR count). The van der Waals surface area contributed by atoms with Crippen molar-refractivity contribution in [2.24, 2.45) is 0 Å². The van der Waals surface area contributed by atoms with E-state index in [2.05, 4.69) is 15.9 Å². The molecule has 0 atom stereocenters. The summed E-state index contributed by atoms with van der Waals surface area (Å²) in [4.78, 5) is 24.4. The topological polar surface area (TPSA) is 72.7 Å². The number of hydrogen-bond acceptors (Lipinski definition) is 4. The summed E-state index contributed by atoms with van der Waals surface area (Å²) in [6, 6.07) is 9.57. The largest absolute Gasteiger partial charge is 0.483 e. The number of hydrogen-bond donors (Lipinski definition) is 0. The molecule has 1 amide bonds. The van der Waals surface area contributed by atoms with Crippen LogP contribution in [0.25, 0.3) is 0 Å². The molecule has 0 saturated heterocycles. The number of halogens is 2. The van der Waals surface area contributed by atoms with E-state index >= 15 is 0 Å². The number of nitro benzene ring substituents is 1. The molecule has 0 unspecified atom stereocenters. The lowest BCUT2D eigenvalue weighted by Gasteiger charge is -2.18. The molecule has 124 valence electrons. The highest BCUT2D eigenvalue weighted by Gasteiger charge is 2.26. The van der Waals surface area contributed by atoms with E-state index in [0.29, 0.717) is 33.9 Å². The Balaban J connectivity index is 1.70. The summed E-state index contributed by atoms with van der Waals surface area (Å²) >= 11 is 9.20. The Morgan fingerprint density at radius 1 is 1.33 bits per heavy atom. The fourth-order valence-corrected chi connectivity index (χ4v) is 3.37. The summed E-state index contributed by atoms with van der Waals surface area (Å²) < 4.78 is 6.20. The fourth-order valence-electron chi connectivity index (χ4n) is 2.57. The van der Waals surface area contributed by atoms with Crippen molar-refractivity contribution in [3.63, 3.8) is 0 Å². The first-order chi connectivity index (χ1) is 11.5. The summed E-state index contributed by atoms with van der Waals surface area (Å²) in [5.74, 6) is 0.320. The second kappa shape index (κ2) is 6.78. The van der Waals surface area contributed by atoms with Gasteiger partial charge in [0.2, 0.25) is 0 Å². The van der Waals surface area contributed by atoms with Crippen molar-refractivity contribution in [3.8, 4) is 5.75 Å². The van der Waals surface area contributed by atoms with Crippen LogP contribution in [0.3, 0.4) is 0 Å². The minimum absolute atomic E-state index is 0.0318. The number of carbonyl (C=O) groups excluding carboxylic acids is 1. The van der Waals surface area contributed by atoms with Crippen LogP contribution in [0, 0.1) is 10.1 Å². The van der Waals surface area contributed by atoms with Gasteiger partial charge < -0.3 is 9.64 Å². The number of rotatable bonds is 4. The van der Waals surface area contributed by atoms with E-state index in [0.717, 1.165) is 5.56 Å². The number of nitro groups is 1. The van der Waals surface area contributed by atoms with Crippen LogP contribution in [-0.2, 0) is 11.2 Å². The molecule has 1 aliphatic heterocycles. The molecule has 0 saturated carbocycles. The zero-order chi connectivity index (χ0) is 17.3. The van der Waals surface area contributed by atoms with Gasteiger partial charge in [-0.3, -0.25) is 14.9 Å². The zero-order valence-electron chi connectivity index (χ0n) is 12.4. The van der Waals surface area contributed by atoms with Crippen LogP contribution in [0.15, 0.2) is 40.9 Å². The molecule has 1 aliphatic rings. The lowest BCUT2D eigenvalue weighted by atomic mass is 10.1. The van der Waals surface area contributed by atoms with Gasteiger partial charge in [0.25, 0.3) is 11.6 Å². The molecule has 0 aliphatic carbocycles. The average molecular weight is 412 g/mol. The van der Waals surface area contributed by atoms with E-state index in [1.54, 1.807) is 29.2 Å². The number of anilines is 1. The summed E-state index contributed by atoms with van der Waals surface area (Å²) in [7, 11) is 0. The Labute approximate surface area is 151 Å². The minimum Gasteiger partial charge on any atom is -0.483 e. The number of amides is 1. The Hall–Kier alpha value is -2.12. The maximum atomic E-state index is 12.4. The SMILES string of the molecule is O=C(COc1ccc(Cl)cc1Br)N1CCc2cc([N+](=O)[O-])ccc21. The van der Waals surface area contributed by atoms with Gasteiger partial charge in [-0.15, -0.1) is 0 Å². The highest BCUT2D eigenvalue weighted by atomic mass is 79.9. The minimum atomic E-state index is -0.439. The number of benzene rings is 2. The Bertz CT molecular complexity index is 828. The molecule has 6 nitrogen and oxygen atoms in total. The second-order valence-electron chi connectivity index (χ2n) is 5.23. The smallest absolute Gasteiger partial charge is 0.269 e. The first-order valence-corrected chi connectivity index (χ1v) is 8.28. The Morgan fingerprint density at radius 3 is 2.83 bits per heavy atom. The second-order valence-corrected chi connectivity index (χ2v) is 6.52. The van der Waals surface area contributed by atoms with Gasteiger partial charge in [0.05, 0.1) is 9.40 Å². The number of carbonyl (C=O) groups is 1. The number of fused-ring (bicyclic) bond motifs is 1. The first kappa shape index (κ1) is 16.7. The van der Waals surface area contributed by atoms with Crippen LogP contribution < -0.4 is 9.64 Å². The van der Waals surface area contributed by atoms with Crippen LogP contribution in [0.5, 0.6) is 5.75 Å². The van der Waals surface area contributed by atoms with Crippen LogP contribution in [0.1, 0.15) is 5.56 Å². The fraction of sp³-hybridized carbons (Fsp3) is 0.188. The molecule has 0 N–H and O–H groups in total. The monoisotopic (exact) mass is 410 g/mol. The molecule has 0 aromatic heterocycles. The van der Waals surface area contributed by atoms with Crippen molar-refractivity contribution in [3.05, 3.63) is 61.6 Å². The molecule has 0 bridgehead atoms. The Morgan fingerprint density at radius 2 is 2.12 bits per heavy atom. The lowest BCUT2D eigenvalue weighted by Crippen LogP contribution is -2.33. The summed E-state index contributed by atoms with van der Waals surface area (Å²) in [6.07, 6.45) is 0.591. The third-order valence-electron chi connectivity index (χ3n) is 3.72. The third-order valence-corrected chi connectivity index (χ3v) is 4.57. The maximum Gasteiger partial charge on any atom is 0.269 e. The molecule has 0 spiro atoms. The van der Waals surface area contributed by atoms with Gasteiger partial charge in [-0.2, -0.15) is 0 Å². The zero-order valence-corrected chi connectivity index (χ0v) is 14.7. The molecule has 0 fully saturated rings. The van der Waals surface area contributed by atoms with Crippen molar-refractivity contribution in [1.29, 1.82) is 0 Å². The molecule has 2 aromatic carbocycles. The van der Waals surface area contributed by atoms with E-state index in [9.17, 15) is 14.9 Å². The highest BCUT2D eigenvalue weighted by Crippen LogP contribution is 2.32. The van der Waals surface area contributed by atoms with Crippen LogP contribution in [0.2, 0.25) is 5.02 Å². The van der Waals surface area contributed by atoms with Crippen molar-refractivity contribution in [1.82, 2.24) is 0 Å². The molecule has 2 aromatic rings. The van der Waals surface area contributed by atoms with Crippen LogP contribution >= 0.6 is 27.5 Å². The maximum absolute atomic E-state index is 12.4. The van der Waals surface area contributed by atoms with Gasteiger partial charge in [-0.1, -0.05) is 11.6 Å². The summed E-state index contributed by atoms with van der Waals surface area (Å²) in [5.41, 5.74) is 1.53. The van der Waals surface area contributed by atoms with E-state index in [1.165, 1.54) is 12.1 Å². The molecule has 24 heavy (non-hydrogen) atoms. The standard InChI is InChI=1S/C16H12BrClN2O4/c17-13-8-11(18)1-4-15(13)24-9-16(21)19-6-5-10-7-12(20(22)23)2-3-14(10)19/h1-4,7-8H,5-6,9H2. The molecule has 0 radical (unpaired) electrons. The van der Waals surface area contributed by atoms with Crippen LogP contribution in [-0.4, -0.2) is 24.0 Å². The van der Waals surface area contributed by atoms with Gasteiger partial charge in [0, 0.05) is 29.4 Å². The average Bonchev–Trinajstić information content (AvgIpc) is 2.96. The van der Waals surface area contributed by atoms with E-state index in [4.69, 9.17) is 16.3 Å². The quantitative estimate of drug-likeness (QED) is 0.563. The van der Waals surface area contributed by atoms with Gasteiger partial charge in [0.15, 0.2) is 6.61 Å². The molecular weight excluding hydrogens is 400 g/mol. The van der Waals surface area contributed by atoms with Crippen LogP contribution in [0.4, 0.5) is 11.4 Å². The Kier molecular flexibility index (Phi) is 4.73. The summed E-state index contributed by atoms with van der Waals surface area (Å²) in [6.45, 7) is 0.358. The van der Waals surface area contributed by atoms with Crippen molar-refractivity contribution in [2.45, 2.75) is 6.42 Å². The van der Waals surface area contributed by atoms with Crippen molar-refractivity contribution in [2.75, 3.05) is 18.1 Å². The lowest BCUT2D eigenvalue weighted by molar-refractivity contribution is -0.384. The number of nitrogens with zero attached hydrogens (tertiary/aromatic N) is 2. The van der Waals surface area contributed by atoms with Gasteiger partial charge in [-0.05, 0) is 52.2 Å². The predicted octanol–water partition coefficient (Wildman–Crippen LogP) is 3.98.